The molecule has 2 heterocycles. The minimum Gasteiger partial charge on any atom is -0.478 e. The molecule has 0 saturated heterocycles. The van der Waals surface area contributed by atoms with Crippen LogP contribution in [0.5, 0.6) is 0 Å². The number of fused-ring (bicyclic) bond motifs is 1. The molecule has 4 nitrogen and oxygen atoms in total. The first-order valence-electron chi connectivity index (χ1n) is 4.76. The van der Waals surface area contributed by atoms with Crippen molar-refractivity contribution in [1.29, 1.82) is 0 Å². The first-order chi connectivity index (χ1) is 8.24. The van der Waals surface area contributed by atoms with Crippen LogP contribution in [0, 0.1) is 0 Å². The number of aromatic nitrogens is 2. The molecule has 1 N–H and O–H groups in total. The van der Waals surface area contributed by atoms with Crippen LogP contribution in [0.3, 0.4) is 0 Å². The maximum absolute atomic E-state index is 10.9. The average Bonchev–Trinajstić information content (AvgIpc) is 2.96. The summed E-state index contributed by atoms with van der Waals surface area (Å²) in [5.41, 5.74) is 3.69. The Morgan fingerprint density at radius 1 is 1.35 bits per heavy atom. The third-order valence-electron chi connectivity index (χ3n) is 2.29. The number of hydrogen-bond acceptors (Lipinski definition) is 5. The summed E-state index contributed by atoms with van der Waals surface area (Å²) in [5.74, 6) is -0.921. The van der Waals surface area contributed by atoms with Gasteiger partial charge in [-0.1, -0.05) is 0 Å². The molecule has 3 aromatic rings. The largest absolute Gasteiger partial charge is 0.478 e. The average molecular weight is 262 g/mol. The fourth-order valence-electron chi connectivity index (χ4n) is 1.49. The molecule has 0 saturated carbocycles. The molecule has 2 aromatic heterocycles. The van der Waals surface area contributed by atoms with Crippen molar-refractivity contribution >= 4 is 38.9 Å². The zero-order chi connectivity index (χ0) is 11.8. The van der Waals surface area contributed by atoms with Crippen molar-refractivity contribution in [1.82, 2.24) is 9.97 Å². The van der Waals surface area contributed by atoms with Gasteiger partial charge < -0.3 is 5.11 Å². The van der Waals surface area contributed by atoms with E-state index in [1.165, 1.54) is 22.7 Å². The zero-order valence-corrected chi connectivity index (χ0v) is 10.1. The summed E-state index contributed by atoms with van der Waals surface area (Å²) in [6.45, 7) is 0. The lowest BCUT2D eigenvalue weighted by molar-refractivity contribution is 0.0697. The van der Waals surface area contributed by atoms with Crippen molar-refractivity contribution in [3.05, 3.63) is 34.7 Å². The maximum Gasteiger partial charge on any atom is 0.335 e. The van der Waals surface area contributed by atoms with E-state index in [4.69, 9.17) is 5.11 Å². The van der Waals surface area contributed by atoms with Gasteiger partial charge in [0, 0.05) is 5.38 Å². The number of benzene rings is 1. The summed E-state index contributed by atoms with van der Waals surface area (Å²) in [6.07, 6.45) is 0. The van der Waals surface area contributed by atoms with Gasteiger partial charge in [0.2, 0.25) is 0 Å². The molecule has 0 unspecified atom stereocenters. The van der Waals surface area contributed by atoms with Gasteiger partial charge >= 0.3 is 5.97 Å². The van der Waals surface area contributed by atoms with Gasteiger partial charge in [-0.3, -0.25) is 0 Å². The Bertz CT molecular complexity index is 689. The number of thiazole rings is 2. The molecule has 0 fully saturated rings. The predicted octanol–water partition coefficient (Wildman–Crippen LogP) is 3.12. The lowest BCUT2D eigenvalue weighted by atomic mass is 10.2. The number of carbonyl (C=O) groups is 1. The molecule has 6 heteroatoms. The standard InChI is InChI=1S/C11H6N2O2S2/c14-11(15)6-1-2-7-9(3-6)17-10(13-7)8-4-16-5-12-8/h1-5H,(H,14,15). The molecule has 0 aliphatic heterocycles. The Hall–Kier alpha value is -1.79. The molecule has 0 aliphatic rings. The minimum absolute atomic E-state index is 0.283. The Kier molecular flexibility index (Phi) is 2.38. The van der Waals surface area contributed by atoms with Crippen molar-refractivity contribution < 1.29 is 9.90 Å². The van der Waals surface area contributed by atoms with E-state index in [1.54, 1.807) is 23.7 Å². The Morgan fingerprint density at radius 3 is 2.94 bits per heavy atom. The van der Waals surface area contributed by atoms with Crippen molar-refractivity contribution in [3.8, 4) is 10.7 Å². The summed E-state index contributed by atoms with van der Waals surface area (Å²) in [4.78, 5) is 19.5. The van der Waals surface area contributed by atoms with E-state index in [2.05, 4.69) is 9.97 Å². The normalized spacial score (nSPS) is 10.8. The van der Waals surface area contributed by atoms with Gasteiger partial charge in [0.15, 0.2) is 0 Å². The van der Waals surface area contributed by atoms with Gasteiger partial charge in [0.25, 0.3) is 0 Å². The molecule has 0 amide bonds. The Balaban J connectivity index is 2.16. The van der Waals surface area contributed by atoms with Crippen LogP contribution in [0.2, 0.25) is 0 Å². The van der Waals surface area contributed by atoms with Crippen LogP contribution in [0.25, 0.3) is 20.9 Å². The number of aromatic carboxylic acids is 1. The highest BCUT2D eigenvalue weighted by atomic mass is 32.1. The molecule has 0 bridgehead atoms. The second-order valence-electron chi connectivity index (χ2n) is 3.38. The maximum atomic E-state index is 10.9. The van der Waals surface area contributed by atoms with E-state index < -0.39 is 5.97 Å². The fourth-order valence-corrected chi connectivity index (χ4v) is 3.07. The van der Waals surface area contributed by atoms with Crippen molar-refractivity contribution in [3.63, 3.8) is 0 Å². The summed E-state index contributed by atoms with van der Waals surface area (Å²) in [6, 6.07) is 4.94. The lowest BCUT2D eigenvalue weighted by Gasteiger charge is -1.91. The highest BCUT2D eigenvalue weighted by molar-refractivity contribution is 7.21. The zero-order valence-electron chi connectivity index (χ0n) is 8.45. The first kappa shape index (κ1) is 10.4. The summed E-state index contributed by atoms with van der Waals surface area (Å²) in [5, 5.41) is 11.7. The molecular weight excluding hydrogens is 256 g/mol. The highest BCUT2D eigenvalue weighted by Crippen LogP contribution is 2.30. The van der Waals surface area contributed by atoms with E-state index in [1.807, 2.05) is 5.38 Å². The molecule has 1 aromatic carbocycles. The molecule has 0 atom stereocenters. The van der Waals surface area contributed by atoms with Gasteiger partial charge in [0.05, 0.1) is 21.3 Å². The molecule has 3 rings (SSSR count). The number of hydrogen-bond donors (Lipinski definition) is 1. The van der Waals surface area contributed by atoms with Crippen LogP contribution in [-0.2, 0) is 0 Å². The number of carboxylic acids is 1. The van der Waals surface area contributed by atoms with Gasteiger partial charge in [-0.25, -0.2) is 14.8 Å². The van der Waals surface area contributed by atoms with E-state index in [0.29, 0.717) is 0 Å². The van der Waals surface area contributed by atoms with Gasteiger partial charge in [-0.2, -0.15) is 0 Å². The summed E-state index contributed by atoms with van der Waals surface area (Å²) in [7, 11) is 0. The summed E-state index contributed by atoms with van der Waals surface area (Å²) < 4.78 is 0.868. The third-order valence-corrected chi connectivity index (χ3v) is 3.91. The van der Waals surface area contributed by atoms with Crippen LogP contribution in [0.1, 0.15) is 10.4 Å². The van der Waals surface area contributed by atoms with Crippen molar-refractivity contribution in [2.75, 3.05) is 0 Å². The molecule has 84 valence electrons. The topological polar surface area (TPSA) is 63.1 Å². The fraction of sp³-hybridized carbons (Fsp3) is 0. The number of rotatable bonds is 2. The van der Waals surface area contributed by atoms with Crippen LogP contribution in [-0.4, -0.2) is 21.0 Å². The number of nitrogens with zero attached hydrogens (tertiary/aromatic N) is 2. The van der Waals surface area contributed by atoms with Gasteiger partial charge in [-0.15, -0.1) is 22.7 Å². The minimum atomic E-state index is -0.921. The highest BCUT2D eigenvalue weighted by Gasteiger charge is 2.10. The van der Waals surface area contributed by atoms with Crippen LogP contribution >= 0.6 is 22.7 Å². The second-order valence-corrected chi connectivity index (χ2v) is 5.13. The second kappa shape index (κ2) is 3.90. The van der Waals surface area contributed by atoms with Crippen LogP contribution < -0.4 is 0 Å². The van der Waals surface area contributed by atoms with Gasteiger partial charge in [0.1, 0.15) is 10.7 Å². The molecule has 0 radical (unpaired) electrons. The monoisotopic (exact) mass is 262 g/mol. The molecule has 17 heavy (non-hydrogen) atoms. The van der Waals surface area contributed by atoms with Crippen molar-refractivity contribution in [2.45, 2.75) is 0 Å². The van der Waals surface area contributed by atoms with Crippen LogP contribution in [0.4, 0.5) is 0 Å². The smallest absolute Gasteiger partial charge is 0.335 e. The van der Waals surface area contributed by atoms with Gasteiger partial charge in [-0.05, 0) is 18.2 Å². The summed E-state index contributed by atoms with van der Waals surface area (Å²) >= 11 is 2.97. The Morgan fingerprint density at radius 2 is 2.24 bits per heavy atom. The van der Waals surface area contributed by atoms with Crippen LogP contribution in [0.15, 0.2) is 29.1 Å². The third kappa shape index (κ3) is 1.81. The number of carboxylic acid groups (broad SMARTS) is 1. The van der Waals surface area contributed by atoms with E-state index in [9.17, 15) is 4.79 Å². The van der Waals surface area contributed by atoms with E-state index in [0.717, 1.165) is 20.9 Å². The molecule has 0 spiro atoms. The molecular formula is C11H6N2O2S2. The van der Waals surface area contributed by atoms with Crippen molar-refractivity contribution in [2.24, 2.45) is 0 Å². The molecule has 0 aliphatic carbocycles. The predicted molar refractivity (Wildman–Crippen MR) is 67.7 cm³/mol. The lowest BCUT2D eigenvalue weighted by Crippen LogP contribution is -1.94. The SMILES string of the molecule is O=C(O)c1ccc2nc(-c3cscn3)sc2c1. The quantitative estimate of drug-likeness (QED) is 0.770. The Labute approximate surface area is 104 Å². The van der Waals surface area contributed by atoms with E-state index in [-0.39, 0.29) is 5.56 Å². The first-order valence-corrected chi connectivity index (χ1v) is 6.52. The van der Waals surface area contributed by atoms with E-state index >= 15 is 0 Å².